The molecule has 0 heterocycles. The van der Waals surface area contributed by atoms with Crippen molar-refractivity contribution in [2.75, 3.05) is 27.2 Å². The van der Waals surface area contributed by atoms with Crippen LogP contribution >= 0.6 is 0 Å². The lowest BCUT2D eigenvalue weighted by atomic mass is 10.1. The van der Waals surface area contributed by atoms with Gasteiger partial charge in [0.15, 0.2) is 0 Å². The summed E-state index contributed by atoms with van der Waals surface area (Å²) >= 11 is 0. The van der Waals surface area contributed by atoms with Crippen LogP contribution in [-0.4, -0.2) is 38.2 Å². The number of hydrogen-bond donors (Lipinski definition) is 1. The van der Waals surface area contributed by atoms with E-state index in [2.05, 4.69) is 37.2 Å². The molecule has 3 heteroatoms. The fraction of sp³-hybridized carbons (Fsp3) is 0.375. The highest BCUT2D eigenvalue weighted by Crippen LogP contribution is 2.25. The highest BCUT2D eigenvalue weighted by Gasteiger charge is 2.09. The summed E-state index contributed by atoms with van der Waals surface area (Å²) in [7, 11) is 4.10. The van der Waals surface area contributed by atoms with E-state index in [0.29, 0.717) is 19.2 Å². The van der Waals surface area contributed by atoms with Gasteiger partial charge in [-0.05, 0) is 32.0 Å². The average molecular weight is 258 g/mol. The highest BCUT2D eigenvalue weighted by atomic mass is 16.5. The first kappa shape index (κ1) is 13.8. The minimum Gasteiger partial charge on any atom is -0.493 e. The first-order chi connectivity index (χ1) is 9.22. The van der Waals surface area contributed by atoms with Crippen LogP contribution in [0.15, 0.2) is 42.5 Å². The van der Waals surface area contributed by atoms with Crippen LogP contribution in [-0.2, 0) is 0 Å². The van der Waals surface area contributed by atoms with Gasteiger partial charge in [-0.2, -0.15) is 0 Å². The number of rotatable bonds is 6. The van der Waals surface area contributed by atoms with E-state index >= 15 is 0 Å². The number of likely N-dealkylation sites (N-methyl/N-ethyl adjacent to an activating group) is 1. The van der Waals surface area contributed by atoms with Gasteiger partial charge >= 0.3 is 0 Å². The number of nitrogens with two attached hydrogens (primary N) is 1. The van der Waals surface area contributed by atoms with Gasteiger partial charge in [-0.25, -0.2) is 0 Å². The Bertz CT molecular complexity index is 520. The van der Waals surface area contributed by atoms with Crippen molar-refractivity contribution in [1.29, 1.82) is 0 Å². The van der Waals surface area contributed by atoms with Crippen LogP contribution in [0, 0.1) is 0 Å². The molecule has 1 unspecified atom stereocenters. The first-order valence-electron chi connectivity index (χ1n) is 6.69. The average Bonchev–Trinajstić information content (AvgIpc) is 2.43. The van der Waals surface area contributed by atoms with Crippen LogP contribution < -0.4 is 10.5 Å². The Morgan fingerprint density at radius 1 is 1.11 bits per heavy atom. The highest BCUT2D eigenvalue weighted by molar-refractivity contribution is 5.88. The Labute approximate surface area is 115 Å². The zero-order valence-electron chi connectivity index (χ0n) is 11.7. The Morgan fingerprint density at radius 3 is 2.58 bits per heavy atom. The number of ether oxygens (including phenoxy) is 1. The molecule has 2 aromatic rings. The van der Waals surface area contributed by atoms with Crippen molar-refractivity contribution in [3.8, 4) is 5.75 Å². The molecule has 0 aliphatic rings. The van der Waals surface area contributed by atoms with Crippen molar-refractivity contribution >= 4 is 10.8 Å². The van der Waals surface area contributed by atoms with E-state index in [1.54, 1.807) is 0 Å². The summed E-state index contributed by atoms with van der Waals surface area (Å²) in [5.74, 6) is 0.952. The standard InChI is InChI=1S/C16H22N2O/c1-18(2)14(12-17)10-11-19-16-9-5-7-13-6-3-4-8-15(13)16/h3-9,14H,10-12,17H2,1-2H3. The molecule has 0 saturated heterocycles. The lowest BCUT2D eigenvalue weighted by molar-refractivity contribution is 0.227. The molecule has 102 valence electrons. The Balaban J connectivity index is 2.02. The van der Waals surface area contributed by atoms with E-state index in [9.17, 15) is 0 Å². The summed E-state index contributed by atoms with van der Waals surface area (Å²) in [5, 5.41) is 2.38. The van der Waals surface area contributed by atoms with E-state index in [4.69, 9.17) is 10.5 Å². The lowest BCUT2D eigenvalue weighted by Gasteiger charge is -2.22. The smallest absolute Gasteiger partial charge is 0.127 e. The molecule has 0 bridgehead atoms. The number of benzene rings is 2. The maximum absolute atomic E-state index is 5.92. The van der Waals surface area contributed by atoms with Gasteiger partial charge in [-0.3, -0.25) is 0 Å². The molecule has 2 N–H and O–H groups in total. The van der Waals surface area contributed by atoms with Crippen molar-refractivity contribution in [3.05, 3.63) is 42.5 Å². The summed E-state index contributed by atoms with van der Waals surface area (Å²) in [6.07, 6.45) is 0.937. The summed E-state index contributed by atoms with van der Waals surface area (Å²) in [5.41, 5.74) is 5.75. The quantitative estimate of drug-likeness (QED) is 0.865. The summed E-state index contributed by atoms with van der Waals surface area (Å²) < 4.78 is 5.92. The Kier molecular flexibility index (Phi) is 4.77. The van der Waals surface area contributed by atoms with Gasteiger partial charge in [0, 0.05) is 18.0 Å². The minimum absolute atomic E-state index is 0.370. The zero-order chi connectivity index (χ0) is 13.7. The van der Waals surface area contributed by atoms with Crippen molar-refractivity contribution in [2.45, 2.75) is 12.5 Å². The summed E-state index contributed by atoms with van der Waals surface area (Å²) in [6, 6.07) is 14.8. The predicted octanol–water partition coefficient (Wildman–Crippen LogP) is 2.50. The van der Waals surface area contributed by atoms with Crippen LogP contribution in [0.4, 0.5) is 0 Å². The summed E-state index contributed by atoms with van der Waals surface area (Å²) in [4.78, 5) is 2.15. The first-order valence-corrected chi connectivity index (χ1v) is 6.69. The van der Waals surface area contributed by atoms with E-state index in [0.717, 1.165) is 12.2 Å². The molecule has 0 aliphatic heterocycles. The van der Waals surface area contributed by atoms with E-state index < -0.39 is 0 Å². The van der Waals surface area contributed by atoms with Crippen LogP contribution in [0.25, 0.3) is 10.8 Å². The molecule has 2 aromatic carbocycles. The molecule has 3 nitrogen and oxygen atoms in total. The largest absolute Gasteiger partial charge is 0.493 e. The molecule has 0 spiro atoms. The van der Waals surface area contributed by atoms with Crippen molar-refractivity contribution in [2.24, 2.45) is 5.73 Å². The molecule has 2 rings (SSSR count). The van der Waals surface area contributed by atoms with Crippen LogP contribution in [0.1, 0.15) is 6.42 Å². The van der Waals surface area contributed by atoms with Crippen molar-refractivity contribution in [1.82, 2.24) is 4.90 Å². The number of hydrogen-bond acceptors (Lipinski definition) is 3. The SMILES string of the molecule is CN(C)C(CN)CCOc1cccc2ccccc12. The van der Waals surface area contributed by atoms with Gasteiger partial charge in [-0.15, -0.1) is 0 Å². The molecule has 0 fully saturated rings. The molecule has 0 amide bonds. The van der Waals surface area contributed by atoms with Gasteiger partial charge < -0.3 is 15.4 Å². The second-order valence-corrected chi connectivity index (χ2v) is 4.97. The predicted molar refractivity (Wildman–Crippen MR) is 80.6 cm³/mol. The monoisotopic (exact) mass is 258 g/mol. The van der Waals surface area contributed by atoms with Gasteiger partial charge in [0.05, 0.1) is 6.61 Å². The van der Waals surface area contributed by atoms with Crippen LogP contribution in [0.2, 0.25) is 0 Å². The second-order valence-electron chi connectivity index (χ2n) is 4.97. The molecular weight excluding hydrogens is 236 g/mol. The zero-order valence-corrected chi connectivity index (χ0v) is 11.7. The van der Waals surface area contributed by atoms with E-state index in [1.165, 1.54) is 10.8 Å². The fourth-order valence-electron chi connectivity index (χ4n) is 2.21. The maximum atomic E-state index is 5.92. The molecule has 1 atom stereocenters. The van der Waals surface area contributed by atoms with Crippen LogP contribution in [0.5, 0.6) is 5.75 Å². The molecule has 19 heavy (non-hydrogen) atoms. The Hall–Kier alpha value is -1.58. The number of fused-ring (bicyclic) bond motifs is 1. The second kappa shape index (κ2) is 6.55. The minimum atomic E-state index is 0.370. The van der Waals surface area contributed by atoms with Gasteiger partial charge in [0.2, 0.25) is 0 Å². The van der Waals surface area contributed by atoms with Crippen molar-refractivity contribution < 1.29 is 4.74 Å². The normalized spacial score (nSPS) is 12.8. The topological polar surface area (TPSA) is 38.5 Å². The molecule has 0 aromatic heterocycles. The van der Waals surface area contributed by atoms with Gasteiger partial charge in [-0.1, -0.05) is 36.4 Å². The third-order valence-electron chi connectivity index (χ3n) is 3.46. The fourth-order valence-corrected chi connectivity index (χ4v) is 2.21. The van der Waals surface area contributed by atoms with Gasteiger partial charge in [0.1, 0.15) is 5.75 Å². The molecule has 0 aliphatic carbocycles. The number of nitrogens with zero attached hydrogens (tertiary/aromatic N) is 1. The molecule has 0 radical (unpaired) electrons. The van der Waals surface area contributed by atoms with Gasteiger partial charge in [0.25, 0.3) is 0 Å². The maximum Gasteiger partial charge on any atom is 0.127 e. The van der Waals surface area contributed by atoms with Crippen LogP contribution in [0.3, 0.4) is 0 Å². The summed E-state index contributed by atoms with van der Waals surface area (Å²) in [6.45, 7) is 1.35. The van der Waals surface area contributed by atoms with E-state index in [1.807, 2.05) is 24.3 Å². The van der Waals surface area contributed by atoms with Crippen molar-refractivity contribution in [3.63, 3.8) is 0 Å². The molecule has 0 saturated carbocycles. The molecular formula is C16H22N2O. The third kappa shape index (κ3) is 3.46. The third-order valence-corrected chi connectivity index (χ3v) is 3.46. The Morgan fingerprint density at radius 2 is 1.84 bits per heavy atom. The van der Waals surface area contributed by atoms with E-state index in [-0.39, 0.29) is 0 Å². The lowest BCUT2D eigenvalue weighted by Crippen LogP contribution is -2.36.